The van der Waals surface area contributed by atoms with Crippen LogP contribution in [0.15, 0.2) is 12.2 Å². The topological polar surface area (TPSA) is 247 Å². The average molecular weight is 911 g/mol. The van der Waals surface area contributed by atoms with Gasteiger partial charge in [0.25, 0.3) is 0 Å². The van der Waals surface area contributed by atoms with Crippen LogP contribution in [0.4, 0.5) is 0 Å². The second kappa shape index (κ2) is 16.3. The van der Waals surface area contributed by atoms with Crippen molar-refractivity contribution in [2.75, 3.05) is 13.2 Å². The molecular formula is C48H78O16. The molecule has 5 unspecified atom stereocenters. The van der Waals surface area contributed by atoms with E-state index in [2.05, 4.69) is 60.6 Å². The number of fused-ring (bicyclic) bond motifs is 4. The lowest BCUT2D eigenvalue weighted by molar-refractivity contribution is -0.396. The van der Waals surface area contributed by atoms with E-state index in [1.165, 1.54) is 6.92 Å². The van der Waals surface area contributed by atoms with Crippen molar-refractivity contribution < 1.29 is 79.1 Å². The SMILES string of the molecule is C[C@@H]1CCC23COC4(C=CC5[C@@]6(C)CC[C@H](O[C@@H]7O[C@H](C)[C@H](O)[C@H](O)[C@H]7O[C@@H]7O[C@H](CO)[C@@H](O)[C@H](O)[C@H]7O[C@@H]7O[C@@H](C)[C@H](O)[C@@H](O)[C@H]7O)C(C)(C)C6CC[C@@]5(C)[C@]4(C)C[C@H]2O)C3[C@H]1C. The Morgan fingerprint density at radius 2 is 1.25 bits per heavy atom. The molecule has 4 saturated carbocycles. The number of ether oxygens (including phenoxy) is 7. The van der Waals surface area contributed by atoms with Crippen molar-refractivity contribution in [3.8, 4) is 0 Å². The first-order valence-corrected chi connectivity index (χ1v) is 24.3. The molecule has 0 aromatic heterocycles. The zero-order chi connectivity index (χ0) is 46.4. The van der Waals surface area contributed by atoms with Crippen molar-refractivity contribution in [2.45, 2.75) is 217 Å². The predicted octanol–water partition coefficient (Wildman–Crippen LogP) is 1.51. The van der Waals surface area contributed by atoms with Gasteiger partial charge in [-0.15, -0.1) is 0 Å². The van der Waals surface area contributed by atoms with E-state index in [0.29, 0.717) is 31.3 Å². The molecule has 4 aliphatic heterocycles. The minimum Gasteiger partial charge on any atom is -0.394 e. The van der Waals surface area contributed by atoms with Gasteiger partial charge in [0.2, 0.25) is 0 Å². The van der Waals surface area contributed by atoms with E-state index in [-0.39, 0.29) is 39.4 Å². The Kier molecular flexibility index (Phi) is 12.3. The molecule has 16 nitrogen and oxygen atoms in total. The third-order valence-electron chi connectivity index (χ3n) is 20.2. The van der Waals surface area contributed by atoms with Gasteiger partial charge in [0.05, 0.1) is 43.2 Å². The molecule has 8 fully saturated rings. The van der Waals surface area contributed by atoms with Gasteiger partial charge in [0.1, 0.15) is 61.0 Å². The molecule has 9 rings (SSSR count). The second-order valence-corrected chi connectivity index (χ2v) is 23.3. The summed E-state index contributed by atoms with van der Waals surface area (Å²) in [5.74, 6) is 1.63. The Morgan fingerprint density at radius 3 is 1.92 bits per heavy atom. The van der Waals surface area contributed by atoms with Crippen molar-refractivity contribution in [1.29, 1.82) is 0 Å². The summed E-state index contributed by atoms with van der Waals surface area (Å²) >= 11 is 0. The molecule has 4 saturated heterocycles. The smallest absolute Gasteiger partial charge is 0.187 e. The number of aliphatic hydroxyl groups excluding tert-OH is 9. The quantitative estimate of drug-likeness (QED) is 0.130. The van der Waals surface area contributed by atoms with Gasteiger partial charge in [-0.2, -0.15) is 0 Å². The van der Waals surface area contributed by atoms with E-state index in [0.717, 1.165) is 32.1 Å². The van der Waals surface area contributed by atoms with Crippen LogP contribution >= 0.6 is 0 Å². The van der Waals surface area contributed by atoms with Crippen LogP contribution < -0.4 is 0 Å². The van der Waals surface area contributed by atoms with Crippen LogP contribution in [0.3, 0.4) is 0 Å². The molecule has 0 amide bonds. The van der Waals surface area contributed by atoms with E-state index in [9.17, 15) is 46.0 Å². The first-order chi connectivity index (χ1) is 29.9. The Balaban J connectivity index is 0.979. The number of aliphatic hydroxyl groups is 9. The maximum Gasteiger partial charge on any atom is 0.187 e. The summed E-state index contributed by atoms with van der Waals surface area (Å²) < 4.78 is 44.3. The van der Waals surface area contributed by atoms with Crippen molar-refractivity contribution >= 4 is 0 Å². The van der Waals surface area contributed by atoms with Crippen LogP contribution in [-0.2, 0) is 33.2 Å². The molecule has 2 bridgehead atoms. The summed E-state index contributed by atoms with van der Waals surface area (Å²) in [6.07, 6.45) is -11.9. The lowest BCUT2D eigenvalue weighted by Gasteiger charge is -2.73. The fourth-order valence-corrected chi connectivity index (χ4v) is 16.0. The third kappa shape index (κ3) is 6.58. The third-order valence-corrected chi connectivity index (χ3v) is 20.2. The highest BCUT2D eigenvalue weighted by atomic mass is 16.8. The molecule has 27 atom stereocenters. The van der Waals surface area contributed by atoms with Gasteiger partial charge < -0.3 is 79.1 Å². The summed E-state index contributed by atoms with van der Waals surface area (Å²) in [4.78, 5) is 0. The zero-order valence-corrected chi connectivity index (χ0v) is 39.1. The highest BCUT2D eigenvalue weighted by Crippen LogP contribution is 2.79. The van der Waals surface area contributed by atoms with Gasteiger partial charge in [-0.25, -0.2) is 0 Å². The second-order valence-electron chi connectivity index (χ2n) is 23.3. The summed E-state index contributed by atoms with van der Waals surface area (Å²) in [6.45, 7) is 19.5. The van der Waals surface area contributed by atoms with Crippen molar-refractivity contribution in [2.24, 2.45) is 56.7 Å². The number of hydrogen-bond acceptors (Lipinski definition) is 16. The van der Waals surface area contributed by atoms with Crippen LogP contribution in [-0.4, -0.2) is 169 Å². The Labute approximate surface area is 377 Å². The molecule has 5 aliphatic carbocycles. The molecule has 0 aromatic carbocycles. The van der Waals surface area contributed by atoms with E-state index >= 15 is 0 Å². The molecule has 0 radical (unpaired) electrons. The maximum absolute atomic E-state index is 12.3. The van der Waals surface area contributed by atoms with E-state index < -0.39 is 122 Å². The molecule has 366 valence electrons. The highest BCUT2D eigenvalue weighted by Gasteiger charge is 2.79. The molecule has 16 heteroatoms. The van der Waals surface area contributed by atoms with Crippen LogP contribution in [0.5, 0.6) is 0 Å². The first kappa shape index (κ1) is 48.1. The Bertz CT molecular complexity index is 1750. The number of hydrogen-bond donors (Lipinski definition) is 9. The average Bonchev–Trinajstić information content (AvgIpc) is 3.55. The summed E-state index contributed by atoms with van der Waals surface area (Å²) in [6, 6.07) is 0. The van der Waals surface area contributed by atoms with Crippen molar-refractivity contribution in [1.82, 2.24) is 0 Å². The monoisotopic (exact) mass is 911 g/mol. The molecule has 4 heterocycles. The molecule has 9 N–H and O–H groups in total. The number of allylic oxidation sites excluding steroid dienone is 1. The van der Waals surface area contributed by atoms with Crippen molar-refractivity contribution in [3.63, 3.8) is 0 Å². The fourth-order valence-electron chi connectivity index (χ4n) is 16.0. The van der Waals surface area contributed by atoms with Gasteiger partial charge in [0.15, 0.2) is 18.9 Å². The van der Waals surface area contributed by atoms with E-state index in [1.807, 2.05) is 0 Å². The maximum atomic E-state index is 12.3. The Hall–Kier alpha value is -0.900. The van der Waals surface area contributed by atoms with Crippen LogP contribution in [0.2, 0.25) is 0 Å². The summed E-state index contributed by atoms with van der Waals surface area (Å²) in [5, 5.41) is 98.9. The molecule has 64 heavy (non-hydrogen) atoms. The molecule has 9 aliphatic rings. The first-order valence-electron chi connectivity index (χ1n) is 24.3. The minimum absolute atomic E-state index is 0.142. The largest absolute Gasteiger partial charge is 0.394 e. The van der Waals surface area contributed by atoms with E-state index in [4.69, 9.17) is 33.2 Å². The summed E-state index contributed by atoms with van der Waals surface area (Å²) in [5.41, 5.74) is -1.68. The lowest BCUT2D eigenvalue weighted by Crippen LogP contribution is -2.73. The summed E-state index contributed by atoms with van der Waals surface area (Å²) in [7, 11) is 0. The molecule has 0 aromatic rings. The van der Waals surface area contributed by atoms with Gasteiger partial charge in [0, 0.05) is 16.7 Å². The van der Waals surface area contributed by atoms with Crippen LogP contribution in [0.1, 0.15) is 107 Å². The number of rotatable bonds is 7. The molecule has 1 spiro atoms. The normalized spacial score (nSPS) is 60.2. The fraction of sp³-hybridized carbons (Fsp3) is 0.958. The van der Waals surface area contributed by atoms with Gasteiger partial charge >= 0.3 is 0 Å². The van der Waals surface area contributed by atoms with Crippen molar-refractivity contribution in [3.05, 3.63) is 12.2 Å². The lowest BCUT2D eigenvalue weighted by atomic mass is 9.31. The van der Waals surface area contributed by atoms with Gasteiger partial charge in [-0.1, -0.05) is 60.6 Å². The predicted molar refractivity (Wildman–Crippen MR) is 227 cm³/mol. The zero-order valence-electron chi connectivity index (χ0n) is 39.1. The standard InChI is InChI=1S/C48H78O16/c1-21-10-16-47-20-58-48(39(47)22(21)2)17-12-27-44(7)14-13-29(43(5,6)26(44)11-15-45(27,8)46(48,9)18-28(47)50)62-41-37(34(55)31(52)24(4)60-41)64-42-38(35(56)32(53)25(19-49)61-42)63-40-36(57)33(54)30(51)23(3)59-40/h12,17,21-42,49-57H,10-11,13-16,18-20H2,1-9H3/t21-,22+,23+,24-,25-,26?,27?,28-,29+,30+,31+,32-,33-,34+,35+,36-,37-,38-,39?,40+,41+,42+,44+,45-,46+,47?,48?/m1/s1. The van der Waals surface area contributed by atoms with Gasteiger partial charge in [-0.05, 0) is 98.7 Å². The minimum atomic E-state index is -1.79. The highest BCUT2D eigenvalue weighted by molar-refractivity contribution is 5.36. The molecular weight excluding hydrogens is 833 g/mol. The Morgan fingerprint density at radius 1 is 0.641 bits per heavy atom. The van der Waals surface area contributed by atoms with Gasteiger partial charge in [-0.3, -0.25) is 0 Å². The van der Waals surface area contributed by atoms with Crippen LogP contribution in [0.25, 0.3) is 0 Å². The van der Waals surface area contributed by atoms with Crippen LogP contribution in [0, 0.1) is 56.7 Å². The van der Waals surface area contributed by atoms with E-state index in [1.54, 1.807) is 6.92 Å².